The van der Waals surface area contributed by atoms with Crippen LogP contribution >= 0.6 is 0 Å². The average molecular weight is 414 g/mol. The fraction of sp³-hybridized carbons (Fsp3) is 0.200. The van der Waals surface area contributed by atoms with Crippen LogP contribution < -0.4 is 37.2 Å². The first kappa shape index (κ1) is 23.5. The molecule has 0 N–H and O–H groups in total. The van der Waals surface area contributed by atoms with Gasteiger partial charge in [0.1, 0.15) is 0 Å². The molecule has 1 aliphatic rings. The molecule has 0 heterocycles. The van der Waals surface area contributed by atoms with E-state index in [1.807, 2.05) is 0 Å². The van der Waals surface area contributed by atoms with Gasteiger partial charge in [-0.1, -0.05) is 0 Å². The Bertz CT molecular complexity index is 690. The first-order valence-corrected chi connectivity index (χ1v) is 8.17. The van der Waals surface area contributed by atoms with Crippen molar-refractivity contribution in [2.75, 3.05) is 0 Å². The molecule has 0 saturated carbocycles. The minimum atomic E-state index is 0. The fourth-order valence-electron chi connectivity index (χ4n) is 3.09. The predicted molar refractivity (Wildman–Crippen MR) is 85.0 cm³/mol. The third-order valence-corrected chi connectivity index (χ3v) is 4.83. The van der Waals surface area contributed by atoms with Crippen LogP contribution in [0.2, 0.25) is 0 Å². The second-order valence-electron chi connectivity index (χ2n) is 5.81. The van der Waals surface area contributed by atoms with E-state index in [2.05, 4.69) is 95.0 Å². The van der Waals surface area contributed by atoms with Crippen LogP contribution in [0, 0.1) is 13.8 Å². The van der Waals surface area contributed by atoms with Crippen molar-refractivity contribution in [2.24, 2.45) is 0 Å². The number of aryl methyl sites for hydroxylation is 2. The molecule has 0 spiro atoms. The van der Waals surface area contributed by atoms with E-state index in [-0.39, 0.29) is 37.2 Å². The maximum absolute atomic E-state index is 2.33. The molecular formula is C20H19Cl3Ti. The molecule has 0 atom stereocenters. The number of allylic oxidation sites excluding steroid dienone is 4. The van der Waals surface area contributed by atoms with E-state index in [1.165, 1.54) is 31.7 Å². The summed E-state index contributed by atoms with van der Waals surface area (Å²) in [6.07, 6.45) is 5.61. The zero-order chi connectivity index (χ0) is 14.8. The first-order chi connectivity index (χ1) is 10.1. The molecule has 0 radical (unpaired) electrons. The largest absolute Gasteiger partial charge is 1.00 e. The van der Waals surface area contributed by atoms with Gasteiger partial charge in [0, 0.05) is 0 Å². The summed E-state index contributed by atoms with van der Waals surface area (Å²) in [5.74, 6) is 0.375. The molecule has 0 amide bonds. The third kappa shape index (κ3) is 5.25. The zero-order valence-electron chi connectivity index (χ0n) is 13.7. The van der Waals surface area contributed by atoms with Crippen LogP contribution in [0.25, 0.3) is 0 Å². The third-order valence-electron chi connectivity index (χ3n) is 4.07. The smallest absolute Gasteiger partial charge is 1.00 e. The summed E-state index contributed by atoms with van der Waals surface area (Å²) in [6.45, 7) is 4.34. The minimum absolute atomic E-state index is 0. The Hall–Kier alpha value is -0.496. The summed E-state index contributed by atoms with van der Waals surface area (Å²) in [5, 5.41) is 0. The van der Waals surface area contributed by atoms with Gasteiger partial charge in [-0.15, -0.1) is 0 Å². The van der Waals surface area contributed by atoms with Crippen molar-refractivity contribution in [3.8, 4) is 0 Å². The number of benzene rings is 2. The second kappa shape index (κ2) is 10.5. The van der Waals surface area contributed by atoms with Gasteiger partial charge in [0.2, 0.25) is 0 Å². The molecule has 0 fully saturated rings. The van der Waals surface area contributed by atoms with Gasteiger partial charge >= 0.3 is 139 Å². The molecule has 2 aromatic rings. The average Bonchev–Trinajstić information content (AvgIpc) is 2.86. The van der Waals surface area contributed by atoms with E-state index >= 15 is 0 Å². The number of rotatable bonds is 3. The van der Waals surface area contributed by atoms with E-state index in [4.69, 9.17) is 0 Å². The van der Waals surface area contributed by atoms with Crippen LogP contribution in [0.5, 0.6) is 0 Å². The predicted octanol–water partition coefficient (Wildman–Crippen LogP) is -3.79. The van der Waals surface area contributed by atoms with Gasteiger partial charge in [0.15, 0.2) is 0 Å². The standard InChI is InChI=1S/C20H19.3ClH.Ti/c1-15-7-5-11-18(13-15)20(17-9-3-4-10-17)19-12-6-8-16(2)14-19;;;;/h3-8,11-14,20H,9H2,1-2H3;3*1H;/q;;;;+3/p-3. The topological polar surface area (TPSA) is 0 Å². The normalized spacial score (nSPS) is 12.5. The van der Waals surface area contributed by atoms with Crippen LogP contribution in [-0.2, 0) is 20.4 Å². The zero-order valence-corrected chi connectivity index (χ0v) is 17.5. The Morgan fingerprint density at radius 2 is 1.33 bits per heavy atom. The van der Waals surface area contributed by atoms with Gasteiger partial charge in [-0.3, -0.25) is 0 Å². The Morgan fingerprint density at radius 1 is 0.833 bits per heavy atom. The van der Waals surface area contributed by atoms with E-state index in [0.29, 0.717) is 5.92 Å². The SMILES string of the molecule is Cc1cccc(C(C2=[C]([Ti+3])C=CC2)c2cccc(C)c2)c1.[Cl-].[Cl-].[Cl-]. The van der Waals surface area contributed by atoms with Crippen LogP contribution in [-0.4, -0.2) is 0 Å². The number of halogens is 3. The Morgan fingerprint density at radius 3 is 1.71 bits per heavy atom. The van der Waals surface area contributed by atoms with Crippen LogP contribution in [0.15, 0.2) is 70.1 Å². The van der Waals surface area contributed by atoms with E-state index < -0.39 is 0 Å². The molecule has 124 valence electrons. The monoisotopic (exact) mass is 412 g/mol. The van der Waals surface area contributed by atoms with Crippen molar-refractivity contribution in [3.63, 3.8) is 0 Å². The maximum Gasteiger partial charge on any atom is -1.00 e. The maximum atomic E-state index is 2.33. The first-order valence-electron chi connectivity index (χ1n) is 7.39. The molecule has 1 aliphatic carbocycles. The van der Waals surface area contributed by atoms with Crippen molar-refractivity contribution in [2.45, 2.75) is 26.2 Å². The van der Waals surface area contributed by atoms with Gasteiger partial charge in [0.05, 0.1) is 0 Å². The van der Waals surface area contributed by atoms with Crippen molar-refractivity contribution >= 4 is 0 Å². The molecule has 3 rings (SSSR count). The molecule has 4 heteroatoms. The molecule has 0 bridgehead atoms. The molecule has 0 nitrogen and oxygen atoms in total. The molecule has 0 aromatic heterocycles. The van der Waals surface area contributed by atoms with Gasteiger partial charge in [-0.2, -0.15) is 0 Å². The molecule has 24 heavy (non-hydrogen) atoms. The Kier molecular flexibility index (Phi) is 10.3. The minimum Gasteiger partial charge on any atom is -1.00 e. The summed E-state index contributed by atoms with van der Waals surface area (Å²) in [5.41, 5.74) is 6.99. The molecule has 0 unspecified atom stereocenters. The van der Waals surface area contributed by atoms with Crippen molar-refractivity contribution in [1.29, 1.82) is 0 Å². The Balaban J connectivity index is 0.00000176. The molecule has 0 aliphatic heterocycles. The van der Waals surface area contributed by atoms with Gasteiger partial charge in [-0.25, -0.2) is 0 Å². The second-order valence-corrected chi connectivity index (χ2v) is 6.65. The summed E-state index contributed by atoms with van der Waals surface area (Å²) < 4.78 is 1.42. The van der Waals surface area contributed by atoms with Gasteiger partial charge in [0.25, 0.3) is 0 Å². The van der Waals surface area contributed by atoms with Crippen molar-refractivity contribution in [1.82, 2.24) is 0 Å². The van der Waals surface area contributed by atoms with E-state index in [1.54, 1.807) is 0 Å². The summed E-state index contributed by atoms with van der Waals surface area (Å²) in [7, 11) is 0. The molecule has 2 aromatic carbocycles. The van der Waals surface area contributed by atoms with E-state index in [0.717, 1.165) is 6.42 Å². The summed E-state index contributed by atoms with van der Waals surface area (Å²) >= 11 is 2.23. The van der Waals surface area contributed by atoms with Crippen molar-refractivity contribution < 1.29 is 57.7 Å². The quantitative estimate of drug-likeness (QED) is 0.453. The van der Waals surface area contributed by atoms with Crippen LogP contribution in [0.4, 0.5) is 0 Å². The van der Waals surface area contributed by atoms with Crippen molar-refractivity contribution in [3.05, 3.63) is 92.4 Å². The Labute approximate surface area is 175 Å². The molecule has 0 saturated heterocycles. The van der Waals surface area contributed by atoms with E-state index in [9.17, 15) is 0 Å². The fourth-order valence-corrected chi connectivity index (χ4v) is 3.66. The molecular weight excluding hydrogens is 394 g/mol. The van der Waals surface area contributed by atoms with Gasteiger partial charge < -0.3 is 37.2 Å². The summed E-state index contributed by atoms with van der Waals surface area (Å²) in [6, 6.07) is 17.9. The summed E-state index contributed by atoms with van der Waals surface area (Å²) in [4.78, 5) is 0. The van der Waals surface area contributed by atoms with Crippen LogP contribution in [0.1, 0.15) is 34.6 Å². The van der Waals surface area contributed by atoms with Crippen LogP contribution in [0.3, 0.4) is 0 Å². The van der Waals surface area contributed by atoms with Gasteiger partial charge in [-0.05, 0) is 0 Å². The number of hydrogen-bond donors (Lipinski definition) is 0. The number of hydrogen-bond acceptors (Lipinski definition) is 0.